The highest BCUT2D eigenvalue weighted by atomic mass is 16.1. The highest BCUT2D eigenvalue weighted by Crippen LogP contribution is 2.23. The number of Topliss-reactive ketones (excluding diaryl/α,β-unsaturated/α-hetero) is 1. The van der Waals surface area contributed by atoms with Crippen LogP contribution in [0, 0.1) is 17.2 Å². The number of nitrogen functional groups attached to an aromatic ring is 1. The molecule has 0 aliphatic carbocycles. The average molecular weight is 259 g/mol. The molecule has 0 aromatic heterocycles. The molecule has 0 radical (unpaired) electrons. The largest absolute Gasteiger partial charge is 0.398 e. The van der Waals surface area contributed by atoms with Gasteiger partial charge in [-0.05, 0) is 31.0 Å². The first-order valence-corrected chi connectivity index (χ1v) is 6.48. The number of benzene rings is 1. The van der Waals surface area contributed by atoms with Gasteiger partial charge >= 0.3 is 0 Å². The normalized spacial score (nSPS) is 10.3. The van der Waals surface area contributed by atoms with E-state index in [0.29, 0.717) is 30.1 Å². The molecular formula is C15H21N3O. The lowest BCUT2D eigenvalue weighted by atomic mass is 10.1. The molecule has 4 nitrogen and oxygen atoms in total. The molecule has 1 aromatic rings. The first kappa shape index (κ1) is 15.0. The summed E-state index contributed by atoms with van der Waals surface area (Å²) in [6.07, 6.45) is 0.465. The molecule has 0 aliphatic rings. The number of ketones is 1. The quantitative estimate of drug-likeness (QED) is 0.630. The van der Waals surface area contributed by atoms with Gasteiger partial charge in [-0.15, -0.1) is 0 Å². The fraction of sp³-hybridized carbons (Fsp3) is 0.467. The van der Waals surface area contributed by atoms with Gasteiger partial charge in [-0.2, -0.15) is 5.26 Å². The van der Waals surface area contributed by atoms with Crippen molar-refractivity contribution >= 4 is 17.2 Å². The minimum absolute atomic E-state index is 0.0378. The molecule has 1 rings (SSSR count). The smallest absolute Gasteiger partial charge is 0.161 e. The van der Waals surface area contributed by atoms with E-state index in [9.17, 15) is 4.79 Å². The Kier molecular flexibility index (Phi) is 5.37. The van der Waals surface area contributed by atoms with Gasteiger partial charge in [0.05, 0.1) is 12.5 Å². The Labute approximate surface area is 114 Å². The van der Waals surface area contributed by atoms with Crippen molar-refractivity contribution in [1.29, 1.82) is 5.26 Å². The summed E-state index contributed by atoms with van der Waals surface area (Å²) in [6, 6.07) is 7.63. The number of nitrogens with two attached hydrogens (primary N) is 1. The number of anilines is 2. The van der Waals surface area contributed by atoms with Crippen LogP contribution in [0.5, 0.6) is 0 Å². The third-order valence-corrected chi connectivity index (χ3v) is 2.86. The molecule has 1 aromatic carbocycles. The van der Waals surface area contributed by atoms with Crippen LogP contribution >= 0.6 is 0 Å². The van der Waals surface area contributed by atoms with Crippen molar-refractivity contribution in [3.05, 3.63) is 23.8 Å². The highest BCUT2D eigenvalue weighted by molar-refractivity contribution is 6.00. The Morgan fingerprint density at radius 3 is 2.68 bits per heavy atom. The van der Waals surface area contributed by atoms with Gasteiger partial charge in [-0.1, -0.05) is 13.8 Å². The van der Waals surface area contributed by atoms with Gasteiger partial charge in [0.2, 0.25) is 0 Å². The Bertz CT molecular complexity index is 489. The lowest BCUT2D eigenvalue weighted by Crippen LogP contribution is -2.28. The van der Waals surface area contributed by atoms with Crippen molar-refractivity contribution in [2.45, 2.75) is 27.2 Å². The number of carbonyl (C=O) groups excluding carboxylic acids is 1. The minimum Gasteiger partial charge on any atom is -0.398 e. The summed E-state index contributed by atoms with van der Waals surface area (Å²) in [5.74, 6) is 0.446. The van der Waals surface area contributed by atoms with Gasteiger partial charge in [0.25, 0.3) is 0 Å². The van der Waals surface area contributed by atoms with E-state index in [2.05, 4.69) is 24.8 Å². The maximum Gasteiger partial charge on any atom is 0.161 e. The minimum atomic E-state index is -0.0378. The van der Waals surface area contributed by atoms with E-state index in [1.165, 1.54) is 6.92 Å². The summed E-state index contributed by atoms with van der Waals surface area (Å²) in [4.78, 5) is 13.7. The van der Waals surface area contributed by atoms with Gasteiger partial charge in [0.15, 0.2) is 5.78 Å². The molecule has 0 atom stereocenters. The molecule has 0 unspecified atom stereocenters. The average Bonchev–Trinajstić information content (AvgIpc) is 2.34. The molecule has 19 heavy (non-hydrogen) atoms. The van der Waals surface area contributed by atoms with Crippen molar-refractivity contribution in [1.82, 2.24) is 0 Å². The molecular weight excluding hydrogens is 238 g/mol. The second kappa shape index (κ2) is 6.79. The van der Waals surface area contributed by atoms with E-state index in [4.69, 9.17) is 11.0 Å². The molecule has 0 saturated heterocycles. The Morgan fingerprint density at radius 2 is 2.16 bits per heavy atom. The third-order valence-electron chi connectivity index (χ3n) is 2.86. The Balaban J connectivity index is 3.04. The molecule has 0 spiro atoms. The van der Waals surface area contributed by atoms with Crippen molar-refractivity contribution < 1.29 is 4.79 Å². The predicted octanol–water partition coefficient (Wildman–Crippen LogP) is 2.85. The number of hydrogen-bond acceptors (Lipinski definition) is 4. The van der Waals surface area contributed by atoms with Gasteiger partial charge < -0.3 is 10.6 Å². The van der Waals surface area contributed by atoms with Crippen LogP contribution in [0.1, 0.15) is 37.6 Å². The molecule has 102 valence electrons. The Hall–Kier alpha value is -2.02. The molecule has 0 saturated carbocycles. The van der Waals surface area contributed by atoms with Crippen molar-refractivity contribution in [2.24, 2.45) is 5.92 Å². The van der Waals surface area contributed by atoms with Crippen LogP contribution in [-0.4, -0.2) is 18.9 Å². The highest BCUT2D eigenvalue weighted by Gasteiger charge is 2.12. The third kappa shape index (κ3) is 4.29. The van der Waals surface area contributed by atoms with Gasteiger partial charge in [-0.3, -0.25) is 4.79 Å². The molecule has 2 N–H and O–H groups in total. The fourth-order valence-electron chi connectivity index (χ4n) is 2.00. The zero-order valence-corrected chi connectivity index (χ0v) is 11.8. The van der Waals surface area contributed by atoms with E-state index in [0.717, 1.165) is 12.2 Å². The summed E-state index contributed by atoms with van der Waals surface area (Å²) in [5.41, 5.74) is 7.79. The van der Waals surface area contributed by atoms with E-state index in [1.807, 2.05) is 12.1 Å². The second-order valence-electron chi connectivity index (χ2n) is 5.08. The summed E-state index contributed by atoms with van der Waals surface area (Å²) >= 11 is 0. The van der Waals surface area contributed by atoms with Gasteiger partial charge in [-0.25, -0.2) is 0 Å². The fourth-order valence-corrected chi connectivity index (χ4v) is 2.00. The van der Waals surface area contributed by atoms with Crippen LogP contribution in [0.4, 0.5) is 11.4 Å². The molecule has 0 bridgehead atoms. The van der Waals surface area contributed by atoms with E-state index in [-0.39, 0.29) is 5.78 Å². The monoisotopic (exact) mass is 259 g/mol. The number of nitriles is 1. The Morgan fingerprint density at radius 1 is 1.47 bits per heavy atom. The lowest BCUT2D eigenvalue weighted by molar-refractivity contribution is 0.101. The maximum absolute atomic E-state index is 11.5. The lowest BCUT2D eigenvalue weighted by Gasteiger charge is -2.26. The van der Waals surface area contributed by atoms with Gasteiger partial charge in [0, 0.05) is 30.0 Å². The van der Waals surface area contributed by atoms with Crippen LogP contribution in [0.2, 0.25) is 0 Å². The second-order valence-corrected chi connectivity index (χ2v) is 5.08. The SMILES string of the molecule is CC(=O)c1cc(N(CCC#N)CC(C)C)ccc1N. The molecule has 0 amide bonds. The van der Waals surface area contributed by atoms with Crippen molar-refractivity contribution in [3.63, 3.8) is 0 Å². The van der Waals surface area contributed by atoms with Crippen LogP contribution in [0.3, 0.4) is 0 Å². The standard InChI is InChI=1S/C15H21N3O/c1-11(2)10-18(8-4-7-16)13-5-6-15(17)14(9-13)12(3)19/h5-6,9,11H,4,8,10,17H2,1-3H3. The number of hydrogen-bond donors (Lipinski definition) is 1. The van der Waals surface area contributed by atoms with Crippen LogP contribution < -0.4 is 10.6 Å². The first-order chi connectivity index (χ1) is 8.95. The molecule has 4 heteroatoms. The van der Waals surface area contributed by atoms with E-state index < -0.39 is 0 Å². The topological polar surface area (TPSA) is 70.1 Å². The molecule has 0 aliphatic heterocycles. The number of carbonyl (C=O) groups is 1. The van der Waals surface area contributed by atoms with Crippen LogP contribution in [0.25, 0.3) is 0 Å². The molecule has 0 heterocycles. The zero-order valence-electron chi connectivity index (χ0n) is 11.8. The first-order valence-electron chi connectivity index (χ1n) is 6.48. The summed E-state index contributed by atoms with van der Waals surface area (Å²) < 4.78 is 0. The summed E-state index contributed by atoms with van der Waals surface area (Å²) in [6.45, 7) is 7.28. The summed E-state index contributed by atoms with van der Waals surface area (Å²) in [5, 5.41) is 8.73. The van der Waals surface area contributed by atoms with Crippen LogP contribution in [0.15, 0.2) is 18.2 Å². The zero-order chi connectivity index (χ0) is 14.4. The predicted molar refractivity (Wildman–Crippen MR) is 78.1 cm³/mol. The maximum atomic E-state index is 11.5. The van der Waals surface area contributed by atoms with Crippen LogP contribution in [-0.2, 0) is 0 Å². The summed E-state index contributed by atoms with van der Waals surface area (Å²) in [7, 11) is 0. The van der Waals surface area contributed by atoms with E-state index >= 15 is 0 Å². The number of rotatable bonds is 6. The van der Waals surface area contributed by atoms with Gasteiger partial charge in [0.1, 0.15) is 0 Å². The number of nitrogens with zero attached hydrogens (tertiary/aromatic N) is 2. The molecule has 0 fully saturated rings. The van der Waals surface area contributed by atoms with E-state index in [1.54, 1.807) is 6.07 Å². The van der Waals surface area contributed by atoms with Crippen molar-refractivity contribution in [2.75, 3.05) is 23.7 Å². The van der Waals surface area contributed by atoms with Crippen molar-refractivity contribution in [3.8, 4) is 6.07 Å².